The van der Waals surface area contributed by atoms with Crippen molar-refractivity contribution in [3.63, 3.8) is 0 Å². The van der Waals surface area contributed by atoms with Gasteiger partial charge in [-0.1, -0.05) is 78.4 Å². The lowest BCUT2D eigenvalue weighted by Crippen LogP contribution is -2.22. The maximum atomic E-state index is 12.4. The van der Waals surface area contributed by atoms with Crippen LogP contribution in [0.25, 0.3) is 10.8 Å². The Bertz CT molecular complexity index is 1190. The van der Waals surface area contributed by atoms with E-state index in [0.717, 1.165) is 33.3 Å². The molecule has 4 rings (SSSR count). The Balaban J connectivity index is 1.49. The van der Waals surface area contributed by atoms with Gasteiger partial charge in [-0.05, 0) is 48.4 Å². The molecular formula is C28H28N2O2. The van der Waals surface area contributed by atoms with Crippen LogP contribution in [-0.2, 0) is 11.3 Å². The van der Waals surface area contributed by atoms with Gasteiger partial charge in [0.25, 0.3) is 5.91 Å². The second-order valence-corrected chi connectivity index (χ2v) is 7.98. The maximum absolute atomic E-state index is 12.4. The first-order valence-electron chi connectivity index (χ1n) is 10.9. The molecule has 32 heavy (non-hydrogen) atoms. The molecule has 0 aliphatic carbocycles. The zero-order valence-electron chi connectivity index (χ0n) is 18.5. The number of anilines is 1. The van der Waals surface area contributed by atoms with Crippen LogP contribution in [0.5, 0.6) is 5.75 Å². The van der Waals surface area contributed by atoms with E-state index in [-0.39, 0.29) is 18.6 Å². The molecule has 0 aromatic heterocycles. The zero-order chi connectivity index (χ0) is 22.3. The van der Waals surface area contributed by atoms with Gasteiger partial charge in [-0.15, -0.1) is 0 Å². The summed E-state index contributed by atoms with van der Waals surface area (Å²) in [6.07, 6.45) is 0. The molecular weight excluding hydrogens is 396 g/mol. The maximum Gasteiger partial charge on any atom is 0.262 e. The third-order valence-electron chi connectivity index (χ3n) is 5.58. The predicted octanol–water partition coefficient (Wildman–Crippen LogP) is 6.02. The quantitative estimate of drug-likeness (QED) is 0.364. The Hall–Kier alpha value is -3.63. The highest BCUT2D eigenvalue weighted by Crippen LogP contribution is 2.29. The van der Waals surface area contributed by atoms with Gasteiger partial charge in [0.1, 0.15) is 5.75 Å². The lowest BCUT2D eigenvalue weighted by Gasteiger charge is -2.18. The van der Waals surface area contributed by atoms with Crippen LogP contribution < -0.4 is 15.4 Å². The van der Waals surface area contributed by atoms with Crippen LogP contribution in [0.3, 0.4) is 0 Å². The Morgan fingerprint density at radius 1 is 0.875 bits per heavy atom. The number of hydrogen-bond donors (Lipinski definition) is 2. The van der Waals surface area contributed by atoms with E-state index >= 15 is 0 Å². The number of amides is 1. The summed E-state index contributed by atoms with van der Waals surface area (Å²) in [7, 11) is 0. The number of carbonyl (C=O) groups excluding carboxylic acids is 1. The van der Waals surface area contributed by atoms with E-state index < -0.39 is 0 Å². The topological polar surface area (TPSA) is 50.4 Å². The summed E-state index contributed by atoms with van der Waals surface area (Å²) in [6, 6.07) is 30.5. The predicted molar refractivity (Wildman–Crippen MR) is 131 cm³/mol. The average molecular weight is 425 g/mol. The second kappa shape index (κ2) is 10.1. The fourth-order valence-electron chi connectivity index (χ4n) is 3.73. The van der Waals surface area contributed by atoms with E-state index in [1.165, 1.54) is 5.56 Å². The number of fused-ring (bicyclic) bond motifs is 1. The summed E-state index contributed by atoms with van der Waals surface area (Å²) < 4.78 is 5.99. The van der Waals surface area contributed by atoms with E-state index in [9.17, 15) is 4.79 Å². The second-order valence-electron chi connectivity index (χ2n) is 7.98. The molecule has 4 nitrogen and oxygen atoms in total. The Kier molecular flexibility index (Phi) is 6.83. The molecule has 0 spiro atoms. The first-order valence-corrected chi connectivity index (χ1v) is 10.9. The monoisotopic (exact) mass is 424 g/mol. The molecule has 0 saturated carbocycles. The number of nitrogens with one attached hydrogen (secondary N) is 2. The van der Waals surface area contributed by atoms with Crippen molar-refractivity contribution in [2.45, 2.75) is 26.4 Å². The minimum Gasteiger partial charge on any atom is -0.483 e. The molecule has 2 N–H and O–H groups in total. The Labute approximate surface area is 189 Å². The van der Waals surface area contributed by atoms with Crippen molar-refractivity contribution < 1.29 is 9.53 Å². The molecule has 4 aromatic carbocycles. The van der Waals surface area contributed by atoms with Crippen LogP contribution in [0, 0.1) is 6.92 Å². The number of ether oxygens (including phenoxy) is 1. The summed E-state index contributed by atoms with van der Waals surface area (Å²) in [5.41, 5.74) is 4.19. The molecule has 0 fully saturated rings. The van der Waals surface area contributed by atoms with Crippen LogP contribution in [0.4, 0.5) is 5.69 Å². The van der Waals surface area contributed by atoms with E-state index in [1.807, 2.05) is 73.7 Å². The van der Waals surface area contributed by atoms with Crippen molar-refractivity contribution in [2.75, 3.05) is 11.9 Å². The average Bonchev–Trinajstić information content (AvgIpc) is 2.83. The standard InChI is InChI=1S/C28H28N2O2/c1-20-12-15-24(16-13-20)30-28(31)19-32-27-17-14-23-10-6-7-11-25(23)26(27)18-29-21(2)22-8-4-3-5-9-22/h3-17,21,29H,18-19H2,1-2H3,(H,30,31)/t21-/m1/s1. The van der Waals surface area contributed by atoms with Crippen LogP contribution in [0.1, 0.15) is 29.7 Å². The molecule has 0 heterocycles. The third-order valence-corrected chi connectivity index (χ3v) is 5.58. The molecule has 1 amide bonds. The molecule has 0 unspecified atom stereocenters. The number of benzene rings is 4. The highest BCUT2D eigenvalue weighted by Gasteiger charge is 2.13. The Morgan fingerprint density at radius 2 is 1.59 bits per heavy atom. The number of aryl methyl sites for hydroxylation is 1. The Morgan fingerprint density at radius 3 is 2.38 bits per heavy atom. The molecule has 4 aromatic rings. The van der Waals surface area contributed by atoms with Gasteiger partial charge in [0.2, 0.25) is 0 Å². The molecule has 0 radical (unpaired) electrons. The minimum atomic E-state index is -0.182. The smallest absolute Gasteiger partial charge is 0.262 e. The SMILES string of the molecule is Cc1ccc(NC(=O)COc2ccc3ccccc3c2CN[C@H](C)c2ccccc2)cc1. The van der Waals surface area contributed by atoms with Gasteiger partial charge < -0.3 is 15.4 Å². The van der Waals surface area contributed by atoms with Crippen molar-refractivity contribution in [2.24, 2.45) is 0 Å². The zero-order valence-corrected chi connectivity index (χ0v) is 18.5. The number of carbonyl (C=O) groups is 1. The van der Waals surface area contributed by atoms with Crippen molar-refractivity contribution in [3.05, 3.63) is 108 Å². The third kappa shape index (κ3) is 5.34. The van der Waals surface area contributed by atoms with E-state index in [4.69, 9.17) is 4.74 Å². The van der Waals surface area contributed by atoms with Gasteiger partial charge in [-0.3, -0.25) is 4.79 Å². The number of hydrogen-bond acceptors (Lipinski definition) is 3. The summed E-state index contributed by atoms with van der Waals surface area (Å²) >= 11 is 0. The van der Waals surface area contributed by atoms with Crippen molar-refractivity contribution in [3.8, 4) is 5.75 Å². The lowest BCUT2D eigenvalue weighted by molar-refractivity contribution is -0.118. The van der Waals surface area contributed by atoms with E-state index in [2.05, 4.69) is 41.8 Å². The molecule has 0 aliphatic heterocycles. The minimum absolute atomic E-state index is 0.0482. The van der Waals surface area contributed by atoms with Crippen LogP contribution in [-0.4, -0.2) is 12.5 Å². The lowest BCUT2D eigenvalue weighted by atomic mass is 10.0. The highest BCUT2D eigenvalue weighted by molar-refractivity contribution is 5.92. The molecule has 162 valence electrons. The normalized spacial score (nSPS) is 11.8. The molecule has 1 atom stereocenters. The van der Waals surface area contributed by atoms with E-state index in [0.29, 0.717) is 6.54 Å². The largest absolute Gasteiger partial charge is 0.483 e. The van der Waals surface area contributed by atoms with Gasteiger partial charge in [0, 0.05) is 23.8 Å². The van der Waals surface area contributed by atoms with E-state index in [1.54, 1.807) is 0 Å². The fraction of sp³-hybridized carbons (Fsp3) is 0.179. The van der Waals surface area contributed by atoms with Crippen molar-refractivity contribution >= 4 is 22.4 Å². The van der Waals surface area contributed by atoms with Gasteiger partial charge in [-0.25, -0.2) is 0 Å². The van der Waals surface area contributed by atoms with Crippen LogP contribution in [0.15, 0.2) is 91.0 Å². The first-order chi connectivity index (χ1) is 15.6. The van der Waals surface area contributed by atoms with Crippen molar-refractivity contribution in [1.82, 2.24) is 5.32 Å². The van der Waals surface area contributed by atoms with Crippen molar-refractivity contribution in [1.29, 1.82) is 0 Å². The van der Waals surface area contributed by atoms with Gasteiger partial charge in [-0.2, -0.15) is 0 Å². The van der Waals surface area contributed by atoms with Crippen LogP contribution >= 0.6 is 0 Å². The molecule has 4 heteroatoms. The molecule has 0 aliphatic rings. The first kappa shape index (κ1) is 21.6. The molecule has 0 saturated heterocycles. The molecule has 0 bridgehead atoms. The highest BCUT2D eigenvalue weighted by atomic mass is 16.5. The van der Waals surface area contributed by atoms with Gasteiger partial charge in [0.05, 0.1) is 0 Å². The van der Waals surface area contributed by atoms with Crippen LogP contribution in [0.2, 0.25) is 0 Å². The summed E-state index contributed by atoms with van der Waals surface area (Å²) in [6.45, 7) is 4.75. The number of rotatable bonds is 8. The summed E-state index contributed by atoms with van der Waals surface area (Å²) in [5.74, 6) is 0.536. The van der Waals surface area contributed by atoms with Gasteiger partial charge >= 0.3 is 0 Å². The summed E-state index contributed by atoms with van der Waals surface area (Å²) in [4.78, 5) is 12.4. The summed E-state index contributed by atoms with van der Waals surface area (Å²) in [5, 5.41) is 8.76. The fourth-order valence-corrected chi connectivity index (χ4v) is 3.73. The van der Waals surface area contributed by atoms with Gasteiger partial charge in [0.15, 0.2) is 6.61 Å².